The van der Waals surface area contributed by atoms with E-state index in [2.05, 4.69) is 0 Å². The maximum absolute atomic E-state index is 12.6. The smallest absolute Gasteiger partial charge is 0.379 e. The summed E-state index contributed by atoms with van der Waals surface area (Å²) in [4.78, 5) is 0. The average Bonchev–Trinajstić information content (AvgIpc) is 2.35. The molecule has 0 radical (unpaired) electrons. The van der Waals surface area contributed by atoms with Crippen LogP contribution in [0.25, 0.3) is 10.8 Å². The number of hydrogen-bond donors (Lipinski definition) is 1. The Labute approximate surface area is 101 Å². The first-order chi connectivity index (χ1) is 8.45. The Morgan fingerprint density at radius 1 is 1.11 bits per heavy atom. The maximum atomic E-state index is 12.6. The number of benzene rings is 2. The summed E-state index contributed by atoms with van der Waals surface area (Å²) in [6, 6.07) is 10.9. The summed E-state index contributed by atoms with van der Waals surface area (Å²) in [5.41, 5.74) is -0.554. The van der Waals surface area contributed by atoms with Crippen LogP contribution in [0.3, 0.4) is 0 Å². The van der Waals surface area contributed by atoms with Gasteiger partial charge in [0.15, 0.2) is 6.10 Å². The van der Waals surface area contributed by atoms with Crippen LogP contribution in [0.5, 0.6) is 0 Å². The number of nitrogens with zero attached hydrogens (tertiary/aromatic N) is 1. The molecule has 0 saturated carbocycles. The largest absolute Gasteiger partial charge is 0.418 e. The van der Waals surface area contributed by atoms with Crippen LogP contribution in [0.4, 0.5) is 13.2 Å². The first-order valence-corrected chi connectivity index (χ1v) is 5.11. The SMILES string of the molecule is N#Cc1ccc2ccccc2c1C(O)C(F)(F)F. The van der Waals surface area contributed by atoms with E-state index in [0.29, 0.717) is 5.39 Å². The van der Waals surface area contributed by atoms with Gasteiger partial charge in [0.25, 0.3) is 0 Å². The monoisotopic (exact) mass is 251 g/mol. The second kappa shape index (κ2) is 4.31. The van der Waals surface area contributed by atoms with Gasteiger partial charge >= 0.3 is 6.18 Å². The molecule has 0 fully saturated rings. The molecule has 0 aliphatic rings. The molecular formula is C13H8F3NO. The molecule has 2 nitrogen and oxygen atoms in total. The predicted molar refractivity (Wildman–Crippen MR) is 59.7 cm³/mol. The van der Waals surface area contributed by atoms with Gasteiger partial charge in [-0.05, 0) is 16.8 Å². The van der Waals surface area contributed by atoms with E-state index in [1.165, 1.54) is 12.1 Å². The zero-order valence-corrected chi connectivity index (χ0v) is 9.07. The van der Waals surface area contributed by atoms with Crippen molar-refractivity contribution in [2.45, 2.75) is 12.3 Å². The fourth-order valence-electron chi connectivity index (χ4n) is 1.85. The summed E-state index contributed by atoms with van der Waals surface area (Å²) in [5.74, 6) is 0. The molecule has 5 heteroatoms. The Morgan fingerprint density at radius 3 is 2.39 bits per heavy atom. The molecule has 0 saturated heterocycles. The van der Waals surface area contributed by atoms with Crippen LogP contribution in [-0.4, -0.2) is 11.3 Å². The van der Waals surface area contributed by atoms with Crippen LogP contribution in [0.2, 0.25) is 0 Å². The second-order valence-corrected chi connectivity index (χ2v) is 3.80. The zero-order valence-electron chi connectivity index (χ0n) is 9.07. The van der Waals surface area contributed by atoms with Crippen molar-refractivity contribution in [3.05, 3.63) is 47.5 Å². The van der Waals surface area contributed by atoms with E-state index in [4.69, 9.17) is 5.26 Å². The van der Waals surface area contributed by atoms with Crippen molar-refractivity contribution in [1.82, 2.24) is 0 Å². The molecule has 0 aromatic heterocycles. The number of aliphatic hydroxyl groups is 1. The molecule has 0 heterocycles. The standard InChI is InChI=1S/C13H8F3NO/c14-13(15,16)12(18)11-9(7-17)6-5-8-3-1-2-4-10(8)11/h1-6,12,18H. The molecule has 0 spiro atoms. The van der Waals surface area contributed by atoms with Crippen LogP contribution in [0, 0.1) is 11.3 Å². The van der Waals surface area contributed by atoms with E-state index in [0.717, 1.165) is 0 Å². The second-order valence-electron chi connectivity index (χ2n) is 3.80. The van der Waals surface area contributed by atoms with Crippen molar-refractivity contribution in [2.75, 3.05) is 0 Å². The third kappa shape index (κ3) is 2.03. The number of rotatable bonds is 1. The molecule has 1 atom stereocenters. The Balaban J connectivity index is 2.78. The number of alkyl halides is 3. The van der Waals surface area contributed by atoms with Crippen LogP contribution in [0.15, 0.2) is 36.4 Å². The van der Waals surface area contributed by atoms with E-state index in [-0.39, 0.29) is 16.5 Å². The highest BCUT2D eigenvalue weighted by molar-refractivity contribution is 5.88. The molecule has 18 heavy (non-hydrogen) atoms. The van der Waals surface area contributed by atoms with E-state index >= 15 is 0 Å². The normalized spacial score (nSPS) is 13.3. The van der Waals surface area contributed by atoms with Crippen LogP contribution < -0.4 is 0 Å². The molecule has 0 aliphatic heterocycles. The Hall–Kier alpha value is -2.06. The molecular weight excluding hydrogens is 243 g/mol. The molecule has 92 valence electrons. The lowest BCUT2D eigenvalue weighted by Gasteiger charge is -2.18. The van der Waals surface area contributed by atoms with Crippen LogP contribution >= 0.6 is 0 Å². The lowest BCUT2D eigenvalue weighted by atomic mass is 9.95. The summed E-state index contributed by atoms with van der Waals surface area (Å²) >= 11 is 0. The van der Waals surface area contributed by atoms with E-state index in [9.17, 15) is 18.3 Å². The van der Waals surface area contributed by atoms with Crippen LogP contribution in [0.1, 0.15) is 17.2 Å². The number of fused-ring (bicyclic) bond motifs is 1. The highest BCUT2D eigenvalue weighted by atomic mass is 19.4. The van der Waals surface area contributed by atoms with Gasteiger partial charge in [0.05, 0.1) is 11.6 Å². The zero-order chi connectivity index (χ0) is 13.3. The average molecular weight is 251 g/mol. The minimum atomic E-state index is -4.80. The van der Waals surface area contributed by atoms with Gasteiger partial charge in [-0.25, -0.2) is 0 Å². The molecule has 2 aromatic rings. The van der Waals surface area contributed by atoms with Crippen LogP contribution in [-0.2, 0) is 0 Å². The first kappa shape index (κ1) is 12.4. The topological polar surface area (TPSA) is 44.0 Å². The molecule has 1 N–H and O–H groups in total. The summed E-state index contributed by atoms with van der Waals surface area (Å²) in [6.07, 6.45) is -7.45. The Kier molecular flexibility index (Phi) is 2.97. The number of aliphatic hydroxyl groups excluding tert-OH is 1. The molecule has 2 rings (SSSR count). The van der Waals surface area contributed by atoms with E-state index in [1.54, 1.807) is 30.3 Å². The highest BCUT2D eigenvalue weighted by Crippen LogP contribution is 2.37. The van der Waals surface area contributed by atoms with Gasteiger partial charge in [-0.3, -0.25) is 0 Å². The number of halogens is 3. The summed E-state index contributed by atoms with van der Waals surface area (Å²) in [7, 11) is 0. The number of nitriles is 1. The van der Waals surface area contributed by atoms with Gasteiger partial charge in [-0.1, -0.05) is 30.3 Å². The molecule has 0 aliphatic carbocycles. The predicted octanol–water partition coefficient (Wildman–Crippen LogP) is 3.31. The van der Waals surface area contributed by atoms with E-state index < -0.39 is 12.3 Å². The van der Waals surface area contributed by atoms with Gasteiger partial charge in [-0.2, -0.15) is 18.4 Å². The number of hydrogen-bond acceptors (Lipinski definition) is 2. The molecule has 2 aromatic carbocycles. The fourth-order valence-corrected chi connectivity index (χ4v) is 1.85. The quantitative estimate of drug-likeness (QED) is 0.845. The first-order valence-electron chi connectivity index (χ1n) is 5.11. The van der Waals surface area contributed by atoms with Gasteiger partial charge in [-0.15, -0.1) is 0 Å². The van der Waals surface area contributed by atoms with Crippen molar-refractivity contribution in [1.29, 1.82) is 5.26 Å². The molecule has 0 bridgehead atoms. The summed E-state index contributed by atoms with van der Waals surface area (Å²) in [5, 5.41) is 19.0. The third-order valence-electron chi connectivity index (χ3n) is 2.67. The Bertz CT molecular complexity index is 628. The molecule has 1 unspecified atom stereocenters. The maximum Gasteiger partial charge on any atom is 0.418 e. The summed E-state index contributed by atoms with van der Waals surface area (Å²) in [6.45, 7) is 0. The van der Waals surface area contributed by atoms with Crippen molar-refractivity contribution in [3.63, 3.8) is 0 Å². The van der Waals surface area contributed by atoms with Gasteiger partial charge in [0, 0.05) is 5.56 Å². The van der Waals surface area contributed by atoms with Crippen molar-refractivity contribution in [2.24, 2.45) is 0 Å². The Morgan fingerprint density at radius 2 is 1.78 bits per heavy atom. The minimum absolute atomic E-state index is 0.168. The fraction of sp³-hybridized carbons (Fsp3) is 0.154. The highest BCUT2D eigenvalue weighted by Gasteiger charge is 2.41. The third-order valence-corrected chi connectivity index (χ3v) is 2.67. The minimum Gasteiger partial charge on any atom is -0.379 e. The van der Waals surface area contributed by atoms with Gasteiger partial charge in [0.2, 0.25) is 0 Å². The van der Waals surface area contributed by atoms with Gasteiger partial charge < -0.3 is 5.11 Å². The van der Waals surface area contributed by atoms with Crippen molar-refractivity contribution >= 4 is 10.8 Å². The van der Waals surface area contributed by atoms with Gasteiger partial charge in [0.1, 0.15) is 0 Å². The summed E-state index contributed by atoms with van der Waals surface area (Å²) < 4.78 is 37.9. The van der Waals surface area contributed by atoms with E-state index in [1.807, 2.05) is 0 Å². The van der Waals surface area contributed by atoms with Crippen molar-refractivity contribution in [3.8, 4) is 6.07 Å². The van der Waals surface area contributed by atoms with Crippen molar-refractivity contribution < 1.29 is 18.3 Å². The lowest BCUT2D eigenvalue weighted by Crippen LogP contribution is -2.21. The molecule has 0 amide bonds. The lowest BCUT2D eigenvalue weighted by molar-refractivity contribution is -0.206.